The third-order valence-corrected chi connectivity index (χ3v) is 5.28. The van der Waals surface area contributed by atoms with E-state index in [1.807, 2.05) is 44.2 Å². The number of aromatic amines is 1. The molecule has 0 aliphatic carbocycles. The Morgan fingerprint density at radius 2 is 1.83 bits per heavy atom. The van der Waals surface area contributed by atoms with Crippen molar-refractivity contribution in [2.24, 2.45) is 5.73 Å². The van der Waals surface area contributed by atoms with Crippen molar-refractivity contribution in [1.29, 1.82) is 0 Å². The Hall–Kier alpha value is -3.22. The highest BCUT2D eigenvalue weighted by molar-refractivity contribution is 6.30. The molecule has 3 N–H and O–H groups in total. The van der Waals surface area contributed by atoms with Gasteiger partial charge in [0, 0.05) is 47.2 Å². The van der Waals surface area contributed by atoms with Gasteiger partial charge in [0.2, 0.25) is 0 Å². The summed E-state index contributed by atoms with van der Waals surface area (Å²) < 4.78 is 1.58. The number of rotatable bonds is 4. The van der Waals surface area contributed by atoms with E-state index in [1.54, 1.807) is 22.9 Å². The molecule has 4 aromatic rings. The number of nitrogens with zero attached hydrogens (tertiary/aromatic N) is 2. The average Bonchev–Trinajstić information content (AvgIpc) is 2.75. The van der Waals surface area contributed by atoms with Crippen LogP contribution < -0.4 is 16.7 Å². The molecular formula is C23H21ClN4O2. The smallest absolute Gasteiger partial charge is 0.269 e. The van der Waals surface area contributed by atoms with Crippen molar-refractivity contribution in [2.45, 2.75) is 26.4 Å². The first-order valence-electron chi connectivity index (χ1n) is 9.63. The molecule has 0 aliphatic heterocycles. The van der Waals surface area contributed by atoms with Crippen molar-refractivity contribution in [3.8, 4) is 22.4 Å². The fourth-order valence-corrected chi connectivity index (χ4v) is 3.68. The summed E-state index contributed by atoms with van der Waals surface area (Å²) in [6.45, 7) is 4.04. The normalized spacial score (nSPS) is 11.4. The van der Waals surface area contributed by atoms with Gasteiger partial charge in [0.1, 0.15) is 10.7 Å². The van der Waals surface area contributed by atoms with E-state index in [4.69, 9.17) is 22.3 Å². The van der Waals surface area contributed by atoms with E-state index in [2.05, 4.69) is 4.98 Å². The van der Waals surface area contributed by atoms with Gasteiger partial charge in [0.15, 0.2) is 5.43 Å². The Bertz CT molecular complexity index is 1360. The molecule has 4 rings (SSSR count). The van der Waals surface area contributed by atoms with E-state index in [0.717, 1.165) is 11.1 Å². The minimum atomic E-state index is -0.254. The minimum absolute atomic E-state index is 0.0703. The fourth-order valence-electron chi connectivity index (χ4n) is 3.46. The summed E-state index contributed by atoms with van der Waals surface area (Å²) in [4.78, 5) is 33.0. The first kappa shape index (κ1) is 20.1. The number of nitrogens with one attached hydrogen (secondary N) is 1. The van der Waals surface area contributed by atoms with Gasteiger partial charge in [0.05, 0.1) is 11.1 Å². The van der Waals surface area contributed by atoms with E-state index in [9.17, 15) is 9.59 Å². The molecule has 0 atom stereocenters. The maximum atomic E-state index is 12.7. The van der Waals surface area contributed by atoms with Gasteiger partial charge in [-0.2, -0.15) is 0 Å². The Balaban J connectivity index is 2.10. The third kappa shape index (κ3) is 3.56. The van der Waals surface area contributed by atoms with Gasteiger partial charge in [0.25, 0.3) is 5.56 Å². The Morgan fingerprint density at radius 3 is 2.50 bits per heavy atom. The molecular weight excluding hydrogens is 400 g/mol. The van der Waals surface area contributed by atoms with Crippen LogP contribution in [0.3, 0.4) is 0 Å². The second-order valence-electron chi connectivity index (χ2n) is 7.39. The third-order valence-electron chi connectivity index (χ3n) is 5.01. The highest BCUT2D eigenvalue weighted by Gasteiger charge is 2.16. The molecule has 6 nitrogen and oxygen atoms in total. The quantitative estimate of drug-likeness (QED) is 0.519. The topological polar surface area (TPSA) is 93.8 Å². The maximum absolute atomic E-state index is 12.7. The number of benzene rings is 1. The monoisotopic (exact) mass is 420 g/mol. The Kier molecular flexibility index (Phi) is 5.28. The van der Waals surface area contributed by atoms with Gasteiger partial charge in [-0.1, -0.05) is 41.9 Å². The lowest BCUT2D eigenvalue weighted by Crippen LogP contribution is -2.21. The number of hydrogen-bond donors (Lipinski definition) is 2. The van der Waals surface area contributed by atoms with Gasteiger partial charge in [-0.3, -0.25) is 9.59 Å². The zero-order valence-electron chi connectivity index (χ0n) is 16.6. The van der Waals surface area contributed by atoms with Gasteiger partial charge in [-0.05, 0) is 26.0 Å². The highest BCUT2D eigenvalue weighted by atomic mass is 35.5. The van der Waals surface area contributed by atoms with Crippen LogP contribution >= 0.6 is 11.6 Å². The molecule has 3 heterocycles. The lowest BCUT2D eigenvalue weighted by molar-refractivity contribution is 0.579. The molecule has 0 amide bonds. The summed E-state index contributed by atoms with van der Waals surface area (Å²) in [7, 11) is 0. The van der Waals surface area contributed by atoms with Crippen LogP contribution in [-0.4, -0.2) is 14.5 Å². The predicted molar refractivity (Wildman–Crippen MR) is 121 cm³/mol. The number of hydrogen-bond acceptors (Lipinski definition) is 4. The van der Waals surface area contributed by atoms with Gasteiger partial charge < -0.3 is 15.3 Å². The molecule has 0 fully saturated rings. The van der Waals surface area contributed by atoms with Crippen molar-refractivity contribution < 1.29 is 0 Å². The first-order chi connectivity index (χ1) is 14.4. The zero-order chi connectivity index (χ0) is 21.4. The lowest BCUT2D eigenvalue weighted by Gasteiger charge is -2.16. The summed E-state index contributed by atoms with van der Waals surface area (Å²) in [5.41, 5.74) is 9.36. The Morgan fingerprint density at radius 1 is 1.10 bits per heavy atom. The minimum Gasteiger partial charge on any atom is -0.342 e. The summed E-state index contributed by atoms with van der Waals surface area (Å²) in [6, 6.07) is 14.5. The van der Waals surface area contributed by atoms with E-state index in [0.29, 0.717) is 28.0 Å². The van der Waals surface area contributed by atoms with Crippen LogP contribution in [0.1, 0.15) is 25.6 Å². The van der Waals surface area contributed by atoms with Crippen molar-refractivity contribution in [1.82, 2.24) is 14.5 Å². The molecule has 30 heavy (non-hydrogen) atoms. The fraction of sp³-hybridized carbons (Fsp3) is 0.174. The van der Waals surface area contributed by atoms with Crippen LogP contribution in [0.5, 0.6) is 0 Å². The molecule has 7 heteroatoms. The second kappa shape index (κ2) is 7.89. The number of fused-ring (bicyclic) bond motifs is 1. The van der Waals surface area contributed by atoms with Crippen LogP contribution in [-0.2, 0) is 6.54 Å². The Labute approximate surface area is 178 Å². The van der Waals surface area contributed by atoms with Crippen LogP contribution in [0.15, 0.2) is 64.3 Å². The summed E-state index contributed by atoms with van der Waals surface area (Å²) in [6.07, 6.45) is 1.76. The van der Waals surface area contributed by atoms with Crippen molar-refractivity contribution in [2.75, 3.05) is 0 Å². The molecule has 0 radical (unpaired) electrons. The molecule has 0 bridgehead atoms. The number of aromatic nitrogens is 3. The number of pyridine rings is 3. The van der Waals surface area contributed by atoms with Crippen LogP contribution in [0.4, 0.5) is 0 Å². The molecule has 152 valence electrons. The first-order valence-corrected chi connectivity index (χ1v) is 10.0. The molecule has 0 spiro atoms. The van der Waals surface area contributed by atoms with Gasteiger partial charge in [-0.25, -0.2) is 4.98 Å². The van der Waals surface area contributed by atoms with Crippen molar-refractivity contribution in [3.63, 3.8) is 0 Å². The molecule has 3 aromatic heterocycles. The SMILES string of the molecule is CC(C)n1cc(-c2cc3c(=O)cc(CN)[nH]c3nc2-c2ccccc2)cc(Cl)c1=O. The summed E-state index contributed by atoms with van der Waals surface area (Å²) in [5, 5.41) is 0.563. The molecule has 0 aliphatic rings. The molecule has 0 saturated heterocycles. The van der Waals surface area contributed by atoms with Gasteiger partial charge in [-0.15, -0.1) is 0 Å². The zero-order valence-corrected chi connectivity index (χ0v) is 17.4. The van der Waals surface area contributed by atoms with Crippen molar-refractivity contribution in [3.05, 3.63) is 86.0 Å². The summed E-state index contributed by atoms with van der Waals surface area (Å²) >= 11 is 6.26. The summed E-state index contributed by atoms with van der Waals surface area (Å²) in [5.74, 6) is 0. The van der Waals surface area contributed by atoms with E-state index in [1.165, 1.54) is 6.07 Å². The number of nitrogens with two attached hydrogens (primary N) is 1. The van der Waals surface area contributed by atoms with E-state index >= 15 is 0 Å². The van der Waals surface area contributed by atoms with E-state index in [-0.39, 0.29) is 28.6 Å². The maximum Gasteiger partial charge on any atom is 0.269 e. The average molecular weight is 421 g/mol. The number of H-pyrrole nitrogens is 1. The predicted octanol–water partition coefficient (Wildman–Crippen LogP) is 4.11. The largest absolute Gasteiger partial charge is 0.342 e. The van der Waals surface area contributed by atoms with E-state index < -0.39 is 0 Å². The highest BCUT2D eigenvalue weighted by Crippen LogP contribution is 2.33. The van der Waals surface area contributed by atoms with Crippen LogP contribution in [0, 0.1) is 0 Å². The standard InChI is InChI=1S/C23H21ClN4O2/c1-13(2)28-12-15(8-19(24)23(28)30)17-10-18-20(29)9-16(11-25)26-22(18)27-21(17)14-6-4-3-5-7-14/h3-10,12-13H,11,25H2,1-2H3,(H,26,27,29). The molecule has 0 saturated carbocycles. The molecule has 0 unspecified atom stereocenters. The molecule has 1 aromatic carbocycles. The lowest BCUT2D eigenvalue weighted by atomic mass is 9.99. The second-order valence-corrected chi connectivity index (χ2v) is 7.80. The van der Waals surface area contributed by atoms with Crippen LogP contribution in [0.2, 0.25) is 5.02 Å². The van der Waals surface area contributed by atoms with Crippen LogP contribution in [0.25, 0.3) is 33.4 Å². The van der Waals surface area contributed by atoms with Gasteiger partial charge >= 0.3 is 0 Å². The number of halogens is 1. The van der Waals surface area contributed by atoms with Crippen molar-refractivity contribution >= 4 is 22.6 Å².